The molecule has 0 radical (unpaired) electrons. The number of aliphatic hydroxyl groups is 2. The van der Waals surface area contributed by atoms with Gasteiger partial charge in [0, 0.05) is 27.2 Å². The standard InChI is InChI=1S/C20H20ClN3O3.C13H14ClN3O2.C7H8BClO3/c1-3-10-27-15-7-5-14(6-8-15)18-22-19(24-20(23-18)26-2)16-11-13(12-25)4-9-17(16)21;1-3-8-19-10-6-4-9(5-7-10)11-15-12(14)17-13(16-11)18-2;9-7-2-1-5(4-10)3-6(7)8(11)12/h4-9,11,25H,3,10,12H2,1-2H3;4-7H,3,8H2,1-2H3;1-3,10-12H,4H2. The van der Waals surface area contributed by atoms with Gasteiger partial charge in [-0.15, -0.1) is 0 Å². The molecule has 0 unspecified atom stereocenters. The monoisotopic (exact) mass is 850 g/mol. The van der Waals surface area contributed by atoms with Gasteiger partial charge in [-0.1, -0.05) is 55.2 Å². The van der Waals surface area contributed by atoms with Crippen LogP contribution in [-0.4, -0.2) is 84.7 Å². The number of ether oxygens (including phenoxy) is 4. The van der Waals surface area contributed by atoms with Crippen LogP contribution in [0, 0.1) is 0 Å². The van der Waals surface area contributed by atoms with Crippen LogP contribution < -0.4 is 24.4 Å². The summed E-state index contributed by atoms with van der Waals surface area (Å²) in [6.45, 7) is 5.25. The molecule has 0 aliphatic rings. The molecule has 4 N–H and O–H groups in total. The second kappa shape index (κ2) is 23.3. The molecule has 0 spiro atoms. The molecule has 2 aromatic heterocycles. The van der Waals surface area contributed by atoms with E-state index >= 15 is 0 Å². The molecule has 0 fully saturated rings. The van der Waals surface area contributed by atoms with Crippen molar-refractivity contribution in [3.8, 4) is 57.7 Å². The summed E-state index contributed by atoms with van der Waals surface area (Å²) >= 11 is 17.8. The lowest BCUT2D eigenvalue weighted by atomic mass is 9.79. The molecule has 0 aliphatic carbocycles. The van der Waals surface area contributed by atoms with Crippen molar-refractivity contribution in [2.45, 2.75) is 39.9 Å². The van der Waals surface area contributed by atoms with Crippen LogP contribution in [0.25, 0.3) is 34.2 Å². The van der Waals surface area contributed by atoms with Gasteiger partial charge in [0.1, 0.15) is 11.5 Å². The second-order valence-electron chi connectivity index (χ2n) is 12.0. The van der Waals surface area contributed by atoms with E-state index < -0.39 is 7.12 Å². The van der Waals surface area contributed by atoms with Gasteiger partial charge in [0.15, 0.2) is 17.5 Å². The van der Waals surface area contributed by atoms with Crippen LogP contribution in [0.4, 0.5) is 0 Å². The summed E-state index contributed by atoms with van der Waals surface area (Å²) in [4.78, 5) is 25.2. The number of aliphatic hydroxyl groups excluding tert-OH is 2. The summed E-state index contributed by atoms with van der Waals surface area (Å²) in [5.74, 6) is 2.92. The summed E-state index contributed by atoms with van der Waals surface area (Å²) in [6.07, 6.45) is 1.92. The van der Waals surface area contributed by atoms with E-state index in [0.717, 1.165) is 35.5 Å². The van der Waals surface area contributed by atoms with Gasteiger partial charge in [-0.05, 0) is 102 Å². The molecule has 0 amide bonds. The molecular formula is C40H42BCl3N6O8. The lowest BCUT2D eigenvalue weighted by molar-refractivity contribution is 0.281. The Morgan fingerprint density at radius 1 is 0.552 bits per heavy atom. The Hall–Kier alpha value is -5.13. The molecule has 2 heterocycles. The Bertz CT molecular complexity index is 2210. The number of hydrogen-bond acceptors (Lipinski definition) is 14. The van der Waals surface area contributed by atoms with E-state index in [1.54, 1.807) is 24.3 Å². The number of nitrogens with zero attached hydrogens (tertiary/aromatic N) is 6. The number of hydrogen-bond donors (Lipinski definition) is 4. The average molecular weight is 852 g/mol. The van der Waals surface area contributed by atoms with E-state index in [0.29, 0.717) is 52.4 Å². The predicted molar refractivity (Wildman–Crippen MR) is 224 cm³/mol. The van der Waals surface area contributed by atoms with E-state index in [-0.39, 0.29) is 41.0 Å². The highest BCUT2D eigenvalue weighted by atomic mass is 35.5. The molecular weight excluding hydrogens is 810 g/mol. The highest BCUT2D eigenvalue weighted by Gasteiger charge is 2.16. The maximum absolute atomic E-state index is 9.39. The Morgan fingerprint density at radius 2 is 1.02 bits per heavy atom. The molecule has 0 atom stereocenters. The van der Waals surface area contributed by atoms with Gasteiger partial charge in [0.25, 0.3) is 0 Å². The highest BCUT2D eigenvalue weighted by molar-refractivity contribution is 6.62. The van der Waals surface area contributed by atoms with Crippen molar-refractivity contribution in [3.05, 3.63) is 111 Å². The Labute approximate surface area is 351 Å². The second-order valence-corrected chi connectivity index (χ2v) is 13.1. The first kappa shape index (κ1) is 45.6. The van der Waals surface area contributed by atoms with E-state index in [1.807, 2.05) is 48.5 Å². The number of halogens is 3. The van der Waals surface area contributed by atoms with Crippen molar-refractivity contribution < 1.29 is 39.2 Å². The van der Waals surface area contributed by atoms with Gasteiger partial charge in [-0.25, -0.2) is 4.98 Å². The largest absolute Gasteiger partial charge is 0.494 e. The average Bonchev–Trinajstić information content (AvgIpc) is 3.25. The van der Waals surface area contributed by atoms with Crippen molar-refractivity contribution in [1.82, 2.24) is 29.9 Å². The summed E-state index contributed by atoms with van der Waals surface area (Å²) in [5.41, 5.74) is 3.76. The molecule has 0 saturated heterocycles. The molecule has 4 aromatic carbocycles. The highest BCUT2D eigenvalue weighted by Crippen LogP contribution is 2.30. The van der Waals surface area contributed by atoms with Crippen molar-refractivity contribution in [3.63, 3.8) is 0 Å². The number of rotatable bonds is 14. The van der Waals surface area contributed by atoms with Crippen molar-refractivity contribution in [1.29, 1.82) is 0 Å². The van der Waals surface area contributed by atoms with Crippen molar-refractivity contribution >= 4 is 47.4 Å². The van der Waals surface area contributed by atoms with Crippen LogP contribution in [-0.2, 0) is 13.2 Å². The van der Waals surface area contributed by atoms with E-state index in [2.05, 4.69) is 43.8 Å². The zero-order chi connectivity index (χ0) is 42.0. The number of methoxy groups -OCH3 is 2. The first-order chi connectivity index (χ1) is 28.0. The molecule has 304 valence electrons. The Balaban J connectivity index is 0.000000209. The third-order valence-corrected chi connectivity index (χ3v) is 8.56. The van der Waals surface area contributed by atoms with Gasteiger partial charge in [-0.3, -0.25) is 0 Å². The van der Waals surface area contributed by atoms with Crippen molar-refractivity contribution in [2.24, 2.45) is 0 Å². The first-order valence-electron chi connectivity index (χ1n) is 17.9. The van der Waals surface area contributed by atoms with Crippen LogP contribution in [0.3, 0.4) is 0 Å². The van der Waals surface area contributed by atoms with Gasteiger partial charge in [-0.2, -0.15) is 24.9 Å². The molecule has 14 nitrogen and oxygen atoms in total. The minimum absolute atomic E-state index is 0.0987. The minimum atomic E-state index is -1.59. The molecule has 0 aliphatic heterocycles. The third-order valence-electron chi connectivity index (χ3n) is 7.71. The van der Waals surface area contributed by atoms with Crippen LogP contribution >= 0.6 is 34.8 Å². The van der Waals surface area contributed by atoms with Crippen molar-refractivity contribution in [2.75, 3.05) is 27.4 Å². The van der Waals surface area contributed by atoms with Gasteiger partial charge >= 0.3 is 19.1 Å². The third kappa shape index (κ3) is 13.5. The van der Waals surface area contributed by atoms with E-state index in [9.17, 15) is 5.11 Å². The first-order valence-corrected chi connectivity index (χ1v) is 19.0. The van der Waals surface area contributed by atoms with Gasteiger partial charge < -0.3 is 39.2 Å². The Kier molecular flexibility index (Phi) is 18.3. The minimum Gasteiger partial charge on any atom is -0.494 e. The molecule has 0 saturated carbocycles. The topological polar surface area (TPSA) is 195 Å². The lowest BCUT2D eigenvalue weighted by Crippen LogP contribution is -2.31. The van der Waals surface area contributed by atoms with Crippen LogP contribution in [0.5, 0.6) is 23.5 Å². The predicted octanol–water partition coefficient (Wildman–Crippen LogP) is 6.65. The summed E-state index contributed by atoms with van der Waals surface area (Å²) in [7, 11) is 1.39. The number of benzene rings is 4. The molecule has 58 heavy (non-hydrogen) atoms. The van der Waals surface area contributed by atoms with E-state index in [1.165, 1.54) is 26.4 Å². The molecule has 18 heteroatoms. The Morgan fingerprint density at radius 3 is 1.50 bits per heavy atom. The summed E-state index contributed by atoms with van der Waals surface area (Å²) in [5, 5.41) is 36.6. The van der Waals surface area contributed by atoms with Crippen LogP contribution in [0.1, 0.15) is 37.8 Å². The maximum Gasteiger partial charge on any atom is 0.489 e. The summed E-state index contributed by atoms with van der Waals surface area (Å²) < 4.78 is 21.3. The SMILES string of the molecule is CCCOc1ccc(-c2nc(Cl)nc(OC)n2)cc1.CCCOc1ccc(-c2nc(OC)nc(-c3cc(CO)ccc3Cl)n2)cc1.OCc1ccc(Cl)c(B(O)O)c1. The van der Waals surface area contributed by atoms with Gasteiger partial charge in [0.2, 0.25) is 5.28 Å². The van der Waals surface area contributed by atoms with Gasteiger partial charge in [0.05, 0.1) is 45.7 Å². The quantitative estimate of drug-likeness (QED) is 0.0851. The zero-order valence-electron chi connectivity index (χ0n) is 32.1. The molecule has 6 rings (SSSR count). The summed E-state index contributed by atoms with van der Waals surface area (Å²) in [6, 6.07) is 25.2. The molecule has 0 bridgehead atoms. The fourth-order valence-electron chi connectivity index (χ4n) is 4.82. The van der Waals surface area contributed by atoms with Crippen LogP contribution in [0.2, 0.25) is 15.3 Å². The molecule has 6 aromatic rings. The fraction of sp³-hybridized carbons (Fsp3) is 0.250. The normalized spacial score (nSPS) is 10.4. The lowest BCUT2D eigenvalue weighted by Gasteiger charge is -2.09. The maximum atomic E-state index is 9.39. The van der Waals surface area contributed by atoms with Crippen LogP contribution in [0.15, 0.2) is 84.9 Å². The number of aromatic nitrogens is 6. The zero-order valence-corrected chi connectivity index (χ0v) is 34.4. The van der Waals surface area contributed by atoms with E-state index in [4.69, 9.17) is 68.9 Å². The fourth-order valence-corrected chi connectivity index (χ4v) is 5.39. The smallest absolute Gasteiger partial charge is 0.489 e.